The highest BCUT2D eigenvalue weighted by molar-refractivity contribution is 5.78. The monoisotopic (exact) mass is 322 g/mol. The number of rotatable bonds is 7. The van der Waals surface area contributed by atoms with Crippen LogP contribution in [0.3, 0.4) is 0 Å². The van der Waals surface area contributed by atoms with Crippen molar-refractivity contribution >= 4 is 5.91 Å². The van der Waals surface area contributed by atoms with Crippen molar-refractivity contribution < 1.29 is 14.1 Å². The van der Waals surface area contributed by atoms with Crippen molar-refractivity contribution in [3.05, 3.63) is 11.7 Å². The van der Waals surface area contributed by atoms with Crippen LogP contribution in [0.5, 0.6) is 0 Å². The Morgan fingerprint density at radius 1 is 1.43 bits per heavy atom. The van der Waals surface area contributed by atoms with Crippen molar-refractivity contribution in [2.24, 2.45) is 0 Å². The zero-order valence-corrected chi connectivity index (χ0v) is 14.0. The van der Waals surface area contributed by atoms with Crippen molar-refractivity contribution in [2.45, 2.75) is 50.5 Å². The van der Waals surface area contributed by atoms with E-state index in [2.05, 4.69) is 20.4 Å². The SMILES string of the molecule is COC[C@H](C)NC(=O)CN1CCC[C@@H](c2noc(C3CC3)n2)C1. The lowest BCUT2D eigenvalue weighted by molar-refractivity contribution is -0.123. The quantitative estimate of drug-likeness (QED) is 0.814. The second-order valence-electron chi connectivity index (χ2n) is 6.76. The average molecular weight is 322 g/mol. The van der Waals surface area contributed by atoms with Gasteiger partial charge < -0.3 is 14.6 Å². The molecule has 0 unspecified atom stereocenters. The van der Waals surface area contributed by atoms with Gasteiger partial charge in [-0.05, 0) is 39.2 Å². The van der Waals surface area contributed by atoms with Gasteiger partial charge >= 0.3 is 0 Å². The van der Waals surface area contributed by atoms with Crippen LogP contribution in [-0.2, 0) is 9.53 Å². The van der Waals surface area contributed by atoms with Crippen LogP contribution in [-0.4, -0.2) is 60.3 Å². The highest BCUT2D eigenvalue weighted by Crippen LogP contribution is 2.39. The number of likely N-dealkylation sites (tertiary alicyclic amines) is 1. The minimum atomic E-state index is 0.0337. The number of carbonyl (C=O) groups excluding carboxylic acids is 1. The lowest BCUT2D eigenvalue weighted by atomic mass is 9.97. The van der Waals surface area contributed by atoms with Gasteiger partial charge in [0.05, 0.1) is 13.2 Å². The van der Waals surface area contributed by atoms with Gasteiger partial charge in [-0.1, -0.05) is 5.16 Å². The van der Waals surface area contributed by atoms with Gasteiger partial charge in [-0.15, -0.1) is 0 Å². The zero-order valence-electron chi connectivity index (χ0n) is 14.0. The minimum Gasteiger partial charge on any atom is -0.383 e. The topological polar surface area (TPSA) is 80.5 Å². The molecule has 1 aliphatic heterocycles. The molecule has 1 N–H and O–H groups in total. The third-order valence-electron chi connectivity index (χ3n) is 4.45. The number of nitrogens with zero attached hydrogens (tertiary/aromatic N) is 3. The normalized spacial score (nSPS) is 23.7. The number of carbonyl (C=O) groups is 1. The number of ether oxygens (including phenoxy) is 1. The Hall–Kier alpha value is -1.47. The number of amides is 1. The predicted molar refractivity (Wildman–Crippen MR) is 84.2 cm³/mol. The van der Waals surface area contributed by atoms with E-state index in [-0.39, 0.29) is 17.9 Å². The maximum absolute atomic E-state index is 12.1. The third kappa shape index (κ3) is 4.51. The van der Waals surface area contributed by atoms with Gasteiger partial charge in [-0.25, -0.2) is 0 Å². The molecule has 7 nitrogen and oxygen atoms in total. The number of hydrogen-bond donors (Lipinski definition) is 1. The van der Waals surface area contributed by atoms with Gasteiger partial charge in [0.15, 0.2) is 5.82 Å². The Balaban J connectivity index is 1.50. The summed E-state index contributed by atoms with van der Waals surface area (Å²) in [7, 11) is 1.64. The zero-order chi connectivity index (χ0) is 16.2. The molecule has 1 aromatic rings. The summed E-state index contributed by atoms with van der Waals surface area (Å²) in [6.45, 7) is 4.64. The van der Waals surface area contributed by atoms with Gasteiger partial charge in [-0.2, -0.15) is 4.98 Å². The fourth-order valence-corrected chi connectivity index (χ4v) is 3.13. The number of piperidine rings is 1. The Labute approximate surface area is 136 Å². The summed E-state index contributed by atoms with van der Waals surface area (Å²) in [6, 6.07) is 0.0337. The Morgan fingerprint density at radius 2 is 2.26 bits per heavy atom. The van der Waals surface area contributed by atoms with Crippen LogP contribution in [0.25, 0.3) is 0 Å². The van der Waals surface area contributed by atoms with E-state index in [1.807, 2.05) is 6.92 Å². The molecule has 1 amide bonds. The molecule has 1 saturated heterocycles. The van der Waals surface area contributed by atoms with Crippen molar-refractivity contribution in [2.75, 3.05) is 33.4 Å². The Kier molecular flexibility index (Phi) is 5.27. The van der Waals surface area contributed by atoms with E-state index in [1.54, 1.807) is 7.11 Å². The molecule has 2 heterocycles. The second-order valence-corrected chi connectivity index (χ2v) is 6.76. The first-order chi connectivity index (χ1) is 11.2. The van der Waals surface area contributed by atoms with E-state index in [0.29, 0.717) is 19.1 Å². The van der Waals surface area contributed by atoms with Gasteiger partial charge in [-0.3, -0.25) is 9.69 Å². The summed E-state index contributed by atoms with van der Waals surface area (Å²) in [4.78, 5) is 18.8. The van der Waals surface area contributed by atoms with Gasteiger partial charge in [0.1, 0.15) is 0 Å². The third-order valence-corrected chi connectivity index (χ3v) is 4.45. The number of methoxy groups -OCH3 is 1. The molecule has 0 aromatic carbocycles. The lowest BCUT2D eigenvalue weighted by Gasteiger charge is -2.30. The average Bonchev–Trinajstić information content (AvgIpc) is 3.25. The summed E-state index contributed by atoms with van der Waals surface area (Å²) in [6.07, 6.45) is 4.44. The van der Waals surface area contributed by atoms with Crippen LogP contribution in [0, 0.1) is 0 Å². The molecule has 1 aliphatic carbocycles. The summed E-state index contributed by atoms with van der Waals surface area (Å²) in [5, 5.41) is 7.11. The predicted octanol–water partition coefficient (Wildman–Crippen LogP) is 1.28. The van der Waals surface area contributed by atoms with Crippen molar-refractivity contribution in [1.29, 1.82) is 0 Å². The molecule has 23 heavy (non-hydrogen) atoms. The van der Waals surface area contributed by atoms with Crippen LogP contribution in [0.4, 0.5) is 0 Å². The molecule has 2 fully saturated rings. The fraction of sp³-hybridized carbons (Fsp3) is 0.812. The molecule has 3 rings (SSSR count). The van der Waals surface area contributed by atoms with E-state index in [9.17, 15) is 4.79 Å². The summed E-state index contributed by atoms with van der Waals surface area (Å²) < 4.78 is 10.4. The summed E-state index contributed by atoms with van der Waals surface area (Å²) in [5.41, 5.74) is 0. The minimum absolute atomic E-state index is 0.0337. The molecule has 128 valence electrons. The molecule has 0 spiro atoms. The molecule has 1 saturated carbocycles. The van der Waals surface area contributed by atoms with E-state index in [4.69, 9.17) is 9.26 Å². The molecule has 2 atom stereocenters. The maximum Gasteiger partial charge on any atom is 0.234 e. The standard InChI is InChI=1S/C16H26N4O3/c1-11(10-22-2)17-14(21)9-20-7-3-4-13(8-20)15-18-16(23-19-15)12-5-6-12/h11-13H,3-10H2,1-2H3,(H,17,21)/t11-,13+/m0/s1. The Morgan fingerprint density at radius 3 is 3.00 bits per heavy atom. The number of nitrogens with one attached hydrogen (secondary N) is 1. The van der Waals surface area contributed by atoms with Crippen LogP contribution in [0.2, 0.25) is 0 Å². The molecule has 1 aromatic heterocycles. The smallest absolute Gasteiger partial charge is 0.234 e. The highest BCUT2D eigenvalue weighted by Gasteiger charge is 2.32. The molecular formula is C16H26N4O3. The lowest BCUT2D eigenvalue weighted by Crippen LogP contribution is -2.45. The van der Waals surface area contributed by atoms with Crippen LogP contribution < -0.4 is 5.32 Å². The van der Waals surface area contributed by atoms with E-state index in [0.717, 1.165) is 50.5 Å². The summed E-state index contributed by atoms with van der Waals surface area (Å²) in [5.74, 6) is 2.41. The van der Waals surface area contributed by atoms with Crippen LogP contribution in [0.15, 0.2) is 4.52 Å². The first-order valence-electron chi connectivity index (χ1n) is 8.50. The van der Waals surface area contributed by atoms with Crippen LogP contribution in [0.1, 0.15) is 56.2 Å². The molecular weight excluding hydrogens is 296 g/mol. The van der Waals surface area contributed by atoms with Gasteiger partial charge in [0.25, 0.3) is 0 Å². The Bertz CT molecular complexity index is 529. The second kappa shape index (κ2) is 7.40. The molecule has 0 bridgehead atoms. The molecule has 0 radical (unpaired) electrons. The van der Waals surface area contributed by atoms with E-state index < -0.39 is 0 Å². The van der Waals surface area contributed by atoms with Crippen molar-refractivity contribution in [3.8, 4) is 0 Å². The largest absolute Gasteiger partial charge is 0.383 e. The van der Waals surface area contributed by atoms with Gasteiger partial charge in [0.2, 0.25) is 11.8 Å². The first-order valence-corrected chi connectivity index (χ1v) is 8.50. The number of aromatic nitrogens is 2. The molecule has 7 heteroatoms. The van der Waals surface area contributed by atoms with E-state index >= 15 is 0 Å². The maximum atomic E-state index is 12.1. The highest BCUT2D eigenvalue weighted by atomic mass is 16.5. The van der Waals surface area contributed by atoms with E-state index in [1.165, 1.54) is 0 Å². The van der Waals surface area contributed by atoms with Gasteiger partial charge in [0, 0.05) is 31.5 Å². The van der Waals surface area contributed by atoms with Crippen molar-refractivity contribution in [3.63, 3.8) is 0 Å². The first kappa shape index (κ1) is 16.4. The summed E-state index contributed by atoms with van der Waals surface area (Å²) >= 11 is 0. The van der Waals surface area contributed by atoms with Crippen molar-refractivity contribution in [1.82, 2.24) is 20.4 Å². The number of hydrogen-bond acceptors (Lipinski definition) is 6. The fourth-order valence-electron chi connectivity index (χ4n) is 3.13. The van der Waals surface area contributed by atoms with Crippen LogP contribution >= 0.6 is 0 Å². The molecule has 2 aliphatic rings.